The molecule has 0 spiro atoms. The van der Waals surface area contributed by atoms with Crippen molar-refractivity contribution in [3.63, 3.8) is 0 Å². The third-order valence-electron chi connectivity index (χ3n) is 5.17. The Morgan fingerprint density at radius 2 is 1.67 bits per heavy atom. The molecule has 2 heterocycles. The van der Waals surface area contributed by atoms with Crippen molar-refractivity contribution in [2.75, 3.05) is 5.32 Å². The second kappa shape index (κ2) is 7.75. The summed E-state index contributed by atoms with van der Waals surface area (Å²) in [6, 6.07) is 24.9. The largest absolute Gasteiger partial charge is 0.363 e. The van der Waals surface area contributed by atoms with E-state index in [0.29, 0.717) is 0 Å². The van der Waals surface area contributed by atoms with Crippen LogP contribution in [0.4, 0.5) is 5.82 Å². The minimum absolute atomic E-state index is 0.128. The maximum Gasteiger partial charge on any atom is 0.161 e. The summed E-state index contributed by atoms with van der Waals surface area (Å²) in [4.78, 5) is 12.0. The number of hydrogen-bond donors (Lipinski definition) is 2. The first-order valence-corrected chi connectivity index (χ1v) is 9.81. The van der Waals surface area contributed by atoms with Gasteiger partial charge in [-0.1, -0.05) is 54.6 Å². The number of fused-ring (bicyclic) bond motifs is 1. The van der Waals surface area contributed by atoms with E-state index in [9.17, 15) is 0 Å². The summed E-state index contributed by atoms with van der Waals surface area (Å²) < 4.78 is 0. The van der Waals surface area contributed by atoms with Crippen molar-refractivity contribution in [3.05, 3.63) is 91.0 Å². The minimum atomic E-state index is 0.128. The fourth-order valence-electron chi connectivity index (χ4n) is 3.57. The van der Waals surface area contributed by atoms with E-state index in [2.05, 4.69) is 73.8 Å². The zero-order valence-electron chi connectivity index (χ0n) is 16.4. The molecule has 5 rings (SSSR count). The molecule has 0 aliphatic carbocycles. The minimum Gasteiger partial charge on any atom is -0.363 e. The van der Waals surface area contributed by atoms with Crippen LogP contribution < -0.4 is 5.32 Å². The van der Waals surface area contributed by atoms with Crippen LogP contribution in [0.25, 0.3) is 33.4 Å². The molecule has 0 bridgehead atoms. The standard InChI is InChI=1S/C24H20N6/c1-16(17-6-3-2-4-7-17)29-24-21-13-19(10-11-22(21)25-14-26-24)18-8-5-9-20(12-18)23-27-15-28-30-23/h2-16H,1H3,(H,25,26,29)(H,27,28,30). The molecule has 5 aromatic rings. The number of hydrogen-bond acceptors (Lipinski definition) is 5. The molecule has 6 nitrogen and oxygen atoms in total. The molecule has 0 aliphatic heterocycles. The maximum absolute atomic E-state index is 4.52. The van der Waals surface area contributed by atoms with Gasteiger partial charge in [0.15, 0.2) is 5.82 Å². The molecule has 2 aromatic heterocycles. The molecule has 30 heavy (non-hydrogen) atoms. The number of H-pyrrole nitrogens is 1. The van der Waals surface area contributed by atoms with Crippen molar-refractivity contribution in [2.45, 2.75) is 13.0 Å². The number of rotatable bonds is 5. The van der Waals surface area contributed by atoms with Crippen molar-refractivity contribution in [1.82, 2.24) is 25.1 Å². The van der Waals surface area contributed by atoms with E-state index in [1.54, 1.807) is 12.7 Å². The van der Waals surface area contributed by atoms with Crippen molar-refractivity contribution in [1.29, 1.82) is 0 Å². The number of benzene rings is 3. The first-order valence-electron chi connectivity index (χ1n) is 9.81. The molecule has 0 radical (unpaired) electrons. The van der Waals surface area contributed by atoms with Crippen LogP contribution in [0.3, 0.4) is 0 Å². The zero-order valence-corrected chi connectivity index (χ0v) is 16.4. The molecule has 0 fully saturated rings. The second-order valence-electron chi connectivity index (χ2n) is 7.15. The van der Waals surface area contributed by atoms with E-state index in [0.717, 1.165) is 39.2 Å². The number of nitrogens with one attached hydrogen (secondary N) is 2. The topological polar surface area (TPSA) is 79.4 Å². The molecule has 0 saturated heterocycles. The Balaban J connectivity index is 1.53. The van der Waals surface area contributed by atoms with Crippen molar-refractivity contribution in [3.8, 4) is 22.5 Å². The van der Waals surface area contributed by atoms with Crippen LogP contribution in [0.2, 0.25) is 0 Å². The van der Waals surface area contributed by atoms with Gasteiger partial charge in [0, 0.05) is 17.0 Å². The zero-order chi connectivity index (χ0) is 20.3. The van der Waals surface area contributed by atoms with E-state index in [4.69, 9.17) is 0 Å². The molecular formula is C24H20N6. The Morgan fingerprint density at radius 3 is 2.50 bits per heavy atom. The predicted octanol–water partition coefficient (Wildman–Crippen LogP) is 5.26. The van der Waals surface area contributed by atoms with Crippen LogP contribution in [0.15, 0.2) is 85.5 Å². The van der Waals surface area contributed by atoms with Crippen molar-refractivity contribution in [2.24, 2.45) is 0 Å². The fourth-order valence-corrected chi connectivity index (χ4v) is 3.57. The van der Waals surface area contributed by atoms with Gasteiger partial charge in [-0.05, 0) is 41.8 Å². The van der Waals surface area contributed by atoms with Crippen LogP contribution in [-0.4, -0.2) is 25.1 Å². The highest BCUT2D eigenvalue weighted by Crippen LogP contribution is 2.30. The third-order valence-corrected chi connectivity index (χ3v) is 5.17. The quantitative estimate of drug-likeness (QED) is 0.427. The number of anilines is 1. The first kappa shape index (κ1) is 18.0. The highest BCUT2D eigenvalue weighted by Gasteiger charge is 2.11. The molecule has 2 N–H and O–H groups in total. The second-order valence-corrected chi connectivity index (χ2v) is 7.15. The van der Waals surface area contributed by atoms with Gasteiger partial charge in [-0.15, -0.1) is 10.2 Å². The van der Waals surface area contributed by atoms with Crippen LogP contribution in [-0.2, 0) is 0 Å². The summed E-state index contributed by atoms with van der Waals surface area (Å²) in [5.41, 5.74) is 5.29. The molecule has 3 aromatic carbocycles. The van der Waals surface area contributed by atoms with Crippen molar-refractivity contribution >= 4 is 16.7 Å². The Hall–Kier alpha value is -4.06. The summed E-state index contributed by atoms with van der Waals surface area (Å²) in [7, 11) is 0. The van der Waals surface area contributed by atoms with Crippen LogP contribution in [0.5, 0.6) is 0 Å². The van der Waals surface area contributed by atoms with E-state index in [-0.39, 0.29) is 6.04 Å². The normalized spacial score (nSPS) is 12.0. The first-order chi connectivity index (χ1) is 14.8. The van der Waals surface area contributed by atoms with E-state index >= 15 is 0 Å². The van der Waals surface area contributed by atoms with Gasteiger partial charge < -0.3 is 10.3 Å². The molecule has 146 valence electrons. The Morgan fingerprint density at radius 1 is 0.833 bits per heavy atom. The van der Waals surface area contributed by atoms with Gasteiger partial charge in [-0.2, -0.15) is 0 Å². The highest BCUT2D eigenvalue weighted by atomic mass is 15.2. The lowest BCUT2D eigenvalue weighted by atomic mass is 10.0. The molecule has 1 atom stereocenters. The fraction of sp³-hybridized carbons (Fsp3) is 0.0833. The van der Waals surface area contributed by atoms with Crippen LogP contribution in [0.1, 0.15) is 18.5 Å². The van der Waals surface area contributed by atoms with Gasteiger partial charge in [0.1, 0.15) is 18.5 Å². The van der Waals surface area contributed by atoms with Gasteiger partial charge >= 0.3 is 0 Å². The lowest BCUT2D eigenvalue weighted by Gasteiger charge is -2.16. The van der Waals surface area contributed by atoms with E-state index < -0.39 is 0 Å². The van der Waals surface area contributed by atoms with Crippen LogP contribution in [0, 0.1) is 0 Å². The Kier molecular flexibility index (Phi) is 4.65. The van der Waals surface area contributed by atoms with E-state index in [1.807, 2.05) is 36.4 Å². The van der Waals surface area contributed by atoms with E-state index in [1.165, 1.54) is 5.56 Å². The van der Waals surface area contributed by atoms with Crippen molar-refractivity contribution < 1.29 is 0 Å². The van der Waals surface area contributed by atoms with Gasteiger partial charge in [-0.3, -0.25) is 0 Å². The number of nitrogens with zero attached hydrogens (tertiary/aromatic N) is 4. The van der Waals surface area contributed by atoms with Gasteiger partial charge in [0.05, 0.1) is 5.52 Å². The lowest BCUT2D eigenvalue weighted by molar-refractivity contribution is 0.876. The van der Waals surface area contributed by atoms with Crippen LogP contribution >= 0.6 is 0 Å². The Bertz CT molecular complexity index is 1280. The summed E-state index contributed by atoms with van der Waals surface area (Å²) in [5, 5.41) is 12.5. The van der Waals surface area contributed by atoms with Gasteiger partial charge in [0.25, 0.3) is 0 Å². The summed E-state index contributed by atoms with van der Waals surface area (Å²) in [6.45, 7) is 2.13. The SMILES string of the molecule is CC(Nc1ncnc2ccc(-c3cccc(-c4nnc[nH]4)c3)cc12)c1ccccc1. The third kappa shape index (κ3) is 3.51. The smallest absolute Gasteiger partial charge is 0.161 e. The molecule has 0 aliphatic rings. The van der Waals surface area contributed by atoms with Gasteiger partial charge in [-0.25, -0.2) is 9.97 Å². The molecule has 0 saturated carbocycles. The van der Waals surface area contributed by atoms with Gasteiger partial charge in [0.2, 0.25) is 0 Å². The summed E-state index contributed by atoms with van der Waals surface area (Å²) in [6.07, 6.45) is 3.19. The monoisotopic (exact) mass is 392 g/mol. The summed E-state index contributed by atoms with van der Waals surface area (Å²) >= 11 is 0. The average Bonchev–Trinajstić information content (AvgIpc) is 3.35. The maximum atomic E-state index is 4.52. The lowest BCUT2D eigenvalue weighted by Crippen LogP contribution is -2.08. The predicted molar refractivity (Wildman–Crippen MR) is 119 cm³/mol. The number of aromatic nitrogens is 5. The number of aromatic amines is 1. The average molecular weight is 392 g/mol. The highest BCUT2D eigenvalue weighted by molar-refractivity contribution is 5.92. The molecule has 0 amide bonds. The summed E-state index contributed by atoms with van der Waals surface area (Å²) in [5.74, 6) is 1.57. The molecule has 6 heteroatoms. The molecular weight excluding hydrogens is 372 g/mol. The molecule has 1 unspecified atom stereocenters. The Labute approximate surface area is 174 Å².